The maximum absolute atomic E-state index is 13.6. The molecule has 23 heteroatoms. The van der Waals surface area contributed by atoms with Crippen molar-refractivity contribution in [3.8, 4) is 6.07 Å². The number of nitrogens with zero attached hydrogens (tertiary/aromatic N) is 4. The van der Waals surface area contributed by atoms with Gasteiger partial charge >= 0.3 is 121 Å². The Bertz CT molecular complexity index is 1570. The summed E-state index contributed by atoms with van der Waals surface area (Å²) >= 11 is 0. The molecule has 0 amide bonds. The molecule has 2 rings (SSSR count). The molecule has 0 N–H and O–H groups in total. The number of hydrogen-bond acceptors (Lipinski definition) is 8. The number of alkyl halides is 1. The first-order valence-corrected chi connectivity index (χ1v) is 11.3. The molecule has 1 atom stereocenters. The molecule has 0 saturated carbocycles. The summed E-state index contributed by atoms with van der Waals surface area (Å²) < 4.78 is 160. The van der Waals surface area contributed by atoms with E-state index in [-0.39, 0.29) is 127 Å². The first kappa shape index (κ1) is 48.5. The van der Waals surface area contributed by atoms with E-state index in [1.165, 1.54) is 13.0 Å². The fraction of sp³-hybridized carbons (Fsp3) is 0.269. The van der Waals surface area contributed by atoms with E-state index in [2.05, 4.69) is 28.9 Å². The van der Waals surface area contributed by atoms with Crippen LogP contribution >= 0.6 is 0 Å². The fourth-order valence-corrected chi connectivity index (χ4v) is 2.41. The molecule has 0 heterocycles. The summed E-state index contributed by atoms with van der Waals surface area (Å²) in [6.07, 6.45) is 0. The van der Waals surface area contributed by atoms with Gasteiger partial charge in [0, 0.05) is 8.79 Å². The molecule has 49 heavy (non-hydrogen) atoms. The number of rotatable bonds is 6. The topological polar surface area (TPSA) is 139 Å². The van der Waals surface area contributed by atoms with Crippen LogP contribution in [0.15, 0.2) is 0 Å². The van der Waals surface area contributed by atoms with Gasteiger partial charge in [-0.15, -0.1) is 0 Å². The standard InChI is InChI=1S/C12H6F4N2O2.C7F5N.C5H7NO2.CH3F.CH2O3.2K.4H2.H/c1-3-20-12(19)5(4-17)6-7(13)9(15)11(18-2)10(16)8(6)14;1-13-7-5(11)3(9)2(8)4(10)6(7)12;1-3-8-5(7)4-6-2;1-2;2-1-4-3;;;;;;;/h5H,3H2,1H3;;3-4H2,1H3;1H3;1,3H;;;4*1H;/q;;;;;2*+1;;;;;-1/p-1/i;;;1D;;;;2*1+1D;2*1+1;. The van der Waals surface area contributed by atoms with Crippen LogP contribution in [0.4, 0.5) is 55.3 Å². The zero-order valence-electron chi connectivity index (χ0n) is 31.4. The van der Waals surface area contributed by atoms with Crippen LogP contribution in [0.25, 0.3) is 14.5 Å². The van der Waals surface area contributed by atoms with Crippen molar-refractivity contribution in [2.24, 2.45) is 0 Å². The molecule has 1 unspecified atom stereocenters. The van der Waals surface area contributed by atoms with Crippen molar-refractivity contribution < 1.29 is 192 Å². The van der Waals surface area contributed by atoms with E-state index in [4.69, 9.17) is 42.3 Å². The predicted molar refractivity (Wildman–Crippen MR) is 142 cm³/mol. The van der Waals surface area contributed by atoms with Gasteiger partial charge in [-0.1, -0.05) is 0 Å². The van der Waals surface area contributed by atoms with Crippen LogP contribution in [0.3, 0.4) is 0 Å². The summed E-state index contributed by atoms with van der Waals surface area (Å²) in [6.45, 7) is 21.8. The molecule has 0 radical (unpaired) electrons. The van der Waals surface area contributed by atoms with Gasteiger partial charge in [0.25, 0.3) is 17.8 Å². The Labute approximate surface area is 368 Å². The van der Waals surface area contributed by atoms with Gasteiger partial charge in [-0.3, -0.25) is 14.0 Å². The van der Waals surface area contributed by atoms with Crippen molar-refractivity contribution in [3.05, 3.63) is 92.2 Å². The molecule has 264 valence electrons. The Kier molecular flexibility index (Phi) is 31.0. The van der Waals surface area contributed by atoms with E-state index in [1.807, 2.05) is 0 Å². The first-order valence-electron chi connectivity index (χ1n) is 14.0. The summed E-state index contributed by atoms with van der Waals surface area (Å²) in [5, 5.41) is 17.2. The third kappa shape index (κ3) is 17.7. The van der Waals surface area contributed by atoms with Gasteiger partial charge in [0.15, 0.2) is 58.3 Å². The Morgan fingerprint density at radius 2 is 1.20 bits per heavy atom. The average Bonchev–Trinajstić information content (AvgIpc) is 3.14. The van der Waals surface area contributed by atoms with Crippen molar-refractivity contribution in [1.82, 2.24) is 0 Å². The van der Waals surface area contributed by atoms with Gasteiger partial charge in [0.2, 0.25) is 0 Å². The van der Waals surface area contributed by atoms with E-state index < -0.39 is 94.3 Å². The second kappa shape index (κ2) is 31.3. The zero-order valence-corrected chi connectivity index (χ0v) is 31.7. The summed E-state index contributed by atoms with van der Waals surface area (Å²) in [6, 6.07) is 1.21. The molecule has 0 spiro atoms. The van der Waals surface area contributed by atoms with Gasteiger partial charge < -0.3 is 25.9 Å². The van der Waals surface area contributed by atoms with E-state index in [0.717, 1.165) is 0 Å². The summed E-state index contributed by atoms with van der Waals surface area (Å²) in [7, 11) is -1.00. The molecule has 0 aromatic heterocycles. The Morgan fingerprint density at radius 1 is 0.878 bits per heavy atom. The van der Waals surface area contributed by atoms with Crippen LogP contribution in [-0.4, -0.2) is 45.3 Å². The minimum absolute atomic E-state index is 0. The molecule has 0 aliphatic carbocycles. The number of nitriles is 1. The predicted octanol–water partition coefficient (Wildman–Crippen LogP) is 0.491. The molecular weight excluding hydrogens is 748 g/mol. The van der Waals surface area contributed by atoms with Crippen molar-refractivity contribution in [3.63, 3.8) is 0 Å². The van der Waals surface area contributed by atoms with Crippen LogP contribution in [0, 0.1) is 83.4 Å². The number of ether oxygens (including phenoxy) is 2. The van der Waals surface area contributed by atoms with Crippen molar-refractivity contribution >= 4 is 29.8 Å². The van der Waals surface area contributed by atoms with Gasteiger partial charge in [0.05, 0.1) is 46.5 Å². The summed E-state index contributed by atoms with van der Waals surface area (Å²) in [5.41, 5.74) is -4.38. The van der Waals surface area contributed by atoms with Crippen LogP contribution < -0.4 is 108 Å². The molecule has 0 bridgehead atoms. The van der Waals surface area contributed by atoms with Crippen LogP contribution in [0.5, 0.6) is 0 Å². The van der Waals surface area contributed by atoms with E-state index in [1.54, 1.807) is 6.92 Å². The largest absolute Gasteiger partial charge is 1.00 e. The third-order valence-electron chi connectivity index (χ3n) is 4.18. The third-order valence-corrected chi connectivity index (χ3v) is 4.18. The van der Waals surface area contributed by atoms with Crippen molar-refractivity contribution in [2.45, 2.75) is 19.8 Å². The number of carbonyl (C=O) groups is 3. The van der Waals surface area contributed by atoms with Crippen LogP contribution in [0.1, 0.15) is 36.9 Å². The quantitative estimate of drug-likeness (QED) is 0.0476. The molecule has 0 fully saturated rings. The van der Waals surface area contributed by atoms with E-state index >= 15 is 0 Å². The van der Waals surface area contributed by atoms with Gasteiger partial charge in [-0.2, -0.15) is 5.26 Å². The monoisotopic (exact) mass is 781 g/mol. The molecular formula is C26H26F10K2N4O7. The molecule has 0 aliphatic rings. The second-order valence-corrected chi connectivity index (χ2v) is 6.79. The minimum atomic E-state index is -2.26. The second-order valence-electron chi connectivity index (χ2n) is 6.79. The normalized spacial score (nSPS) is 9.61. The number of benzene rings is 2. The first-order chi connectivity index (χ1) is 24.5. The fourth-order valence-electron chi connectivity index (χ4n) is 2.41. The van der Waals surface area contributed by atoms with E-state index in [0.29, 0.717) is 6.61 Å². The maximum Gasteiger partial charge on any atom is 1.00 e. The maximum atomic E-state index is 13.6. The minimum Gasteiger partial charge on any atom is -1.00 e. The van der Waals surface area contributed by atoms with E-state index in [9.17, 15) is 53.5 Å². The number of carbonyl (C=O) groups excluding carboxylic acids is 3. The van der Waals surface area contributed by atoms with Gasteiger partial charge in [0.1, 0.15) is 0 Å². The molecule has 11 nitrogen and oxygen atoms in total. The SMILES string of the molecule is O=CO[O-].[2HH].[2HH].[2H]CF.[2H][2H].[2H][2H].[C-]#[N+]CC(=O)OCC.[C-]#[N+]c1c(F)c(F)c(C(C#N)C(=O)OCC)c(F)c1F.[C-]#[N+]c1c(F)c(F)c(F)c(F)c1F.[H-].[K+].[K+]. The Hall–Kier alpha value is -2.66. The van der Waals surface area contributed by atoms with Gasteiger partial charge in [-0.25, -0.2) is 60.6 Å². The Morgan fingerprint density at radius 3 is 1.47 bits per heavy atom. The van der Waals surface area contributed by atoms with Crippen LogP contribution in [0.2, 0.25) is 0 Å². The molecule has 0 saturated heterocycles. The smallest absolute Gasteiger partial charge is 1.00 e. The van der Waals surface area contributed by atoms with Crippen molar-refractivity contribution in [1.29, 1.82) is 5.26 Å². The number of halogens is 10. The molecule has 0 aliphatic heterocycles. The Balaban J connectivity index is -0.0000000651. The number of hydrogen-bond donors (Lipinski definition) is 0. The zero-order chi connectivity index (χ0) is 42.1. The molecule has 2 aromatic carbocycles. The summed E-state index contributed by atoms with van der Waals surface area (Å²) in [4.78, 5) is 40.2. The van der Waals surface area contributed by atoms with Crippen LogP contribution in [-0.2, 0) is 28.7 Å². The number of esters is 2. The molecule has 2 aromatic rings. The van der Waals surface area contributed by atoms with Gasteiger partial charge in [-0.05, 0) is 13.8 Å². The van der Waals surface area contributed by atoms with Crippen molar-refractivity contribution in [2.75, 3.05) is 26.9 Å². The summed E-state index contributed by atoms with van der Waals surface area (Å²) in [5.74, 6) is -22.5. The average molecular weight is 782 g/mol.